The molecule has 0 aliphatic rings. The van der Waals surface area contributed by atoms with Gasteiger partial charge in [-0.15, -0.1) is 11.3 Å². The van der Waals surface area contributed by atoms with Crippen molar-refractivity contribution in [2.45, 2.75) is 6.54 Å². The van der Waals surface area contributed by atoms with Crippen molar-refractivity contribution in [1.29, 1.82) is 0 Å². The molecule has 1 heterocycles. The van der Waals surface area contributed by atoms with Crippen molar-refractivity contribution in [2.24, 2.45) is 0 Å². The van der Waals surface area contributed by atoms with E-state index < -0.39 is 0 Å². The summed E-state index contributed by atoms with van der Waals surface area (Å²) in [6, 6.07) is 14.9. The minimum absolute atomic E-state index is 0.0363. The van der Waals surface area contributed by atoms with E-state index in [9.17, 15) is 4.79 Å². The van der Waals surface area contributed by atoms with Gasteiger partial charge in [-0.25, -0.2) is 4.98 Å². The van der Waals surface area contributed by atoms with Gasteiger partial charge in [0.25, 0.3) is 5.91 Å². The second kappa shape index (κ2) is 8.99. The summed E-state index contributed by atoms with van der Waals surface area (Å²) in [5, 5.41) is 6.60. The third-order valence-corrected chi connectivity index (χ3v) is 5.15. The molecule has 0 aliphatic heterocycles. The maximum absolute atomic E-state index is 12.2. The minimum atomic E-state index is -0.0363. The maximum atomic E-state index is 12.2. The summed E-state index contributed by atoms with van der Waals surface area (Å²) in [4.78, 5) is 18.0. The number of amides is 1. The molecular formula is C20H21ClN3O2S+. The Bertz CT molecular complexity index is 894. The predicted molar refractivity (Wildman–Crippen MR) is 110 cm³/mol. The van der Waals surface area contributed by atoms with E-state index in [1.165, 1.54) is 0 Å². The summed E-state index contributed by atoms with van der Waals surface area (Å²) in [6.07, 6.45) is 0. The van der Waals surface area contributed by atoms with Gasteiger partial charge in [0, 0.05) is 21.7 Å². The fourth-order valence-electron chi connectivity index (χ4n) is 2.64. The van der Waals surface area contributed by atoms with Crippen LogP contribution in [0.1, 0.15) is 5.69 Å². The minimum Gasteiger partial charge on any atom is -0.497 e. The Balaban J connectivity index is 1.53. The largest absolute Gasteiger partial charge is 0.497 e. The van der Waals surface area contributed by atoms with Gasteiger partial charge in [0.05, 0.1) is 14.2 Å². The Morgan fingerprint density at radius 3 is 2.56 bits per heavy atom. The lowest BCUT2D eigenvalue weighted by Gasteiger charge is -2.12. The molecule has 0 spiro atoms. The van der Waals surface area contributed by atoms with E-state index in [1.54, 1.807) is 18.4 Å². The predicted octanol–water partition coefficient (Wildman–Crippen LogP) is 3.13. The van der Waals surface area contributed by atoms with E-state index >= 15 is 0 Å². The van der Waals surface area contributed by atoms with Crippen LogP contribution in [0.3, 0.4) is 0 Å². The van der Waals surface area contributed by atoms with E-state index in [2.05, 4.69) is 10.3 Å². The molecule has 0 fully saturated rings. The molecule has 1 atom stereocenters. The molecule has 5 nitrogen and oxygen atoms in total. The lowest BCUT2D eigenvalue weighted by atomic mass is 10.2. The average Bonchev–Trinajstić information content (AvgIpc) is 3.11. The smallest absolute Gasteiger partial charge is 0.279 e. The first-order chi connectivity index (χ1) is 13.0. The fourth-order valence-corrected chi connectivity index (χ4v) is 3.59. The molecule has 0 saturated carbocycles. The van der Waals surface area contributed by atoms with Crippen molar-refractivity contribution in [3.8, 4) is 16.3 Å². The number of carbonyl (C=O) groups is 1. The zero-order chi connectivity index (χ0) is 19.2. The van der Waals surface area contributed by atoms with Crippen molar-refractivity contribution >= 4 is 34.5 Å². The van der Waals surface area contributed by atoms with Gasteiger partial charge >= 0.3 is 0 Å². The first kappa shape index (κ1) is 19.4. The Morgan fingerprint density at radius 1 is 1.19 bits per heavy atom. The number of methoxy groups -OCH3 is 1. The second-order valence-electron chi connectivity index (χ2n) is 6.24. The van der Waals surface area contributed by atoms with Crippen molar-refractivity contribution in [3.63, 3.8) is 0 Å². The molecule has 3 aromatic rings. The topological polar surface area (TPSA) is 55.7 Å². The van der Waals surface area contributed by atoms with E-state index in [1.807, 2.05) is 61.0 Å². The van der Waals surface area contributed by atoms with Crippen molar-refractivity contribution < 1.29 is 14.4 Å². The normalized spacial score (nSPS) is 11.8. The lowest BCUT2D eigenvalue weighted by molar-refractivity contribution is -0.885. The van der Waals surface area contributed by atoms with Gasteiger partial charge < -0.3 is 15.0 Å². The van der Waals surface area contributed by atoms with Gasteiger partial charge in [-0.3, -0.25) is 4.79 Å². The second-order valence-corrected chi connectivity index (χ2v) is 7.53. The summed E-state index contributed by atoms with van der Waals surface area (Å²) in [5.74, 6) is 0.724. The number of benzene rings is 2. The molecule has 27 heavy (non-hydrogen) atoms. The molecule has 1 unspecified atom stereocenters. The molecule has 1 aromatic heterocycles. The Hall–Kier alpha value is -2.41. The number of thiazole rings is 1. The van der Waals surface area contributed by atoms with Crippen LogP contribution in [0.5, 0.6) is 5.75 Å². The monoisotopic (exact) mass is 402 g/mol. The van der Waals surface area contributed by atoms with Crippen LogP contribution in [-0.4, -0.2) is 31.6 Å². The van der Waals surface area contributed by atoms with E-state index in [0.717, 1.165) is 32.6 Å². The molecule has 2 N–H and O–H groups in total. The van der Waals surface area contributed by atoms with Crippen LogP contribution in [0.15, 0.2) is 53.9 Å². The number of likely N-dealkylation sites (N-methyl/N-ethyl adjacent to an activating group) is 1. The van der Waals surface area contributed by atoms with Crippen LogP contribution in [-0.2, 0) is 11.3 Å². The molecule has 3 rings (SSSR count). The standard InChI is InChI=1S/C20H20ClN3O2S/c1-24(12-19(25)22-16-7-9-18(26-2)10-8-16)11-17-13-27-20(23-17)14-3-5-15(21)6-4-14/h3-10,13H,11-12H2,1-2H3,(H,22,25)/p+1. The zero-order valence-corrected chi connectivity index (χ0v) is 16.7. The van der Waals surface area contributed by atoms with Crippen molar-refractivity contribution in [2.75, 3.05) is 26.0 Å². The number of carbonyl (C=O) groups excluding carboxylic acids is 1. The Labute approximate surface area is 167 Å². The first-order valence-corrected chi connectivity index (χ1v) is 9.75. The first-order valence-electron chi connectivity index (χ1n) is 8.49. The molecule has 0 radical (unpaired) electrons. The maximum Gasteiger partial charge on any atom is 0.279 e. The SMILES string of the molecule is COc1ccc(NC(=O)C[NH+](C)Cc2csc(-c3ccc(Cl)cc3)n2)cc1. The number of rotatable bonds is 7. The number of hydrogen-bond acceptors (Lipinski definition) is 4. The molecular weight excluding hydrogens is 382 g/mol. The van der Waals surface area contributed by atoms with Gasteiger partial charge in [0.15, 0.2) is 6.54 Å². The number of hydrogen-bond donors (Lipinski definition) is 2. The van der Waals surface area contributed by atoms with E-state index in [-0.39, 0.29) is 5.91 Å². The third-order valence-electron chi connectivity index (χ3n) is 3.96. The quantitative estimate of drug-likeness (QED) is 0.638. The summed E-state index contributed by atoms with van der Waals surface area (Å²) in [5.41, 5.74) is 2.78. The number of halogens is 1. The van der Waals surface area contributed by atoms with E-state index in [0.29, 0.717) is 18.1 Å². The third kappa shape index (κ3) is 5.53. The molecule has 7 heteroatoms. The number of ether oxygens (including phenoxy) is 1. The average molecular weight is 403 g/mol. The van der Waals surface area contributed by atoms with Crippen LogP contribution in [0.2, 0.25) is 5.02 Å². The number of aromatic nitrogens is 1. The van der Waals surface area contributed by atoms with Crippen LogP contribution < -0.4 is 15.0 Å². The van der Waals surface area contributed by atoms with E-state index in [4.69, 9.17) is 16.3 Å². The highest BCUT2D eigenvalue weighted by molar-refractivity contribution is 7.13. The lowest BCUT2D eigenvalue weighted by Crippen LogP contribution is -3.08. The van der Waals surface area contributed by atoms with Gasteiger partial charge in [-0.2, -0.15) is 0 Å². The zero-order valence-electron chi connectivity index (χ0n) is 15.2. The fraction of sp³-hybridized carbons (Fsp3) is 0.200. The number of nitrogens with zero attached hydrogens (tertiary/aromatic N) is 1. The highest BCUT2D eigenvalue weighted by Gasteiger charge is 2.13. The highest BCUT2D eigenvalue weighted by Crippen LogP contribution is 2.24. The molecule has 1 amide bonds. The van der Waals surface area contributed by atoms with Crippen LogP contribution in [0.4, 0.5) is 5.69 Å². The summed E-state index contributed by atoms with van der Waals surface area (Å²) in [6.45, 7) is 1.04. The highest BCUT2D eigenvalue weighted by atomic mass is 35.5. The molecule has 0 saturated heterocycles. The van der Waals surface area contributed by atoms with Crippen molar-refractivity contribution in [3.05, 3.63) is 64.6 Å². The summed E-state index contributed by atoms with van der Waals surface area (Å²) < 4.78 is 5.12. The summed E-state index contributed by atoms with van der Waals surface area (Å²) in [7, 11) is 3.59. The van der Waals surface area contributed by atoms with Crippen LogP contribution >= 0.6 is 22.9 Å². The van der Waals surface area contributed by atoms with Gasteiger partial charge in [0.1, 0.15) is 23.0 Å². The van der Waals surface area contributed by atoms with Gasteiger partial charge in [0.2, 0.25) is 0 Å². The summed E-state index contributed by atoms with van der Waals surface area (Å²) >= 11 is 7.53. The molecule has 140 valence electrons. The Kier molecular flexibility index (Phi) is 6.45. The number of nitrogens with one attached hydrogen (secondary N) is 2. The van der Waals surface area contributed by atoms with Gasteiger partial charge in [-0.1, -0.05) is 23.7 Å². The van der Waals surface area contributed by atoms with Crippen LogP contribution in [0.25, 0.3) is 10.6 Å². The van der Waals surface area contributed by atoms with Crippen molar-refractivity contribution in [1.82, 2.24) is 4.98 Å². The molecule has 2 aromatic carbocycles. The molecule has 0 aliphatic carbocycles. The Morgan fingerprint density at radius 2 is 1.89 bits per heavy atom. The number of quaternary nitrogens is 1. The van der Waals surface area contributed by atoms with Gasteiger partial charge in [-0.05, 0) is 36.4 Å². The number of anilines is 1. The van der Waals surface area contributed by atoms with Crippen LogP contribution in [0, 0.1) is 0 Å². The molecule has 0 bridgehead atoms.